The molecule has 0 fully saturated rings. The molecule has 0 amide bonds. The summed E-state index contributed by atoms with van der Waals surface area (Å²) in [5.74, 6) is 0.784. The van der Waals surface area contributed by atoms with E-state index in [9.17, 15) is 13.2 Å². The van der Waals surface area contributed by atoms with Crippen molar-refractivity contribution >= 4 is 5.82 Å². The first kappa shape index (κ1) is 23.3. The fraction of sp³-hybridized carbons (Fsp3) is 0.250. The first-order valence-electron chi connectivity index (χ1n) is 10.3. The minimum absolute atomic E-state index is 0.0215. The summed E-state index contributed by atoms with van der Waals surface area (Å²) in [6, 6.07) is 16.2. The van der Waals surface area contributed by atoms with E-state index in [1.54, 1.807) is 6.07 Å². The average Bonchev–Trinajstić information content (AvgIpc) is 2.77. The lowest BCUT2D eigenvalue weighted by Gasteiger charge is -2.20. The highest BCUT2D eigenvalue weighted by atomic mass is 19.4. The summed E-state index contributed by atoms with van der Waals surface area (Å²) in [7, 11) is 0. The molecule has 168 valence electrons. The predicted octanol–water partition coefficient (Wildman–Crippen LogP) is 5.65. The molecule has 5 nitrogen and oxygen atoms in total. The van der Waals surface area contributed by atoms with Gasteiger partial charge < -0.3 is 10.6 Å². The number of alkyl halides is 3. The predicted molar refractivity (Wildman–Crippen MR) is 122 cm³/mol. The van der Waals surface area contributed by atoms with Crippen molar-refractivity contribution in [1.29, 1.82) is 0 Å². The third-order valence-corrected chi connectivity index (χ3v) is 4.64. The van der Waals surface area contributed by atoms with E-state index in [0.717, 1.165) is 24.6 Å². The molecule has 0 aliphatic rings. The Hall–Kier alpha value is -3.39. The second-order valence-corrected chi connectivity index (χ2v) is 7.30. The van der Waals surface area contributed by atoms with Crippen LogP contribution in [0, 0.1) is 0 Å². The third kappa shape index (κ3) is 6.07. The lowest BCUT2D eigenvalue weighted by molar-refractivity contribution is -0.137. The number of nitrogens with one attached hydrogen (secondary N) is 3. The number of hydrogen-bond acceptors (Lipinski definition) is 5. The van der Waals surface area contributed by atoms with Crippen LogP contribution in [-0.2, 0) is 6.18 Å². The summed E-state index contributed by atoms with van der Waals surface area (Å²) in [5.41, 5.74) is 0.392. The van der Waals surface area contributed by atoms with Crippen LogP contribution < -0.4 is 16.0 Å². The zero-order valence-corrected chi connectivity index (χ0v) is 18.0. The van der Waals surface area contributed by atoms with Gasteiger partial charge in [-0.25, -0.2) is 9.97 Å². The molecule has 2 aromatic carbocycles. The van der Waals surface area contributed by atoms with Crippen molar-refractivity contribution in [3.05, 3.63) is 78.6 Å². The second-order valence-electron chi connectivity index (χ2n) is 7.30. The topological polar surface area (TPSA) is 61.9 Å². The Morgan fingerprint density at radius 2 is 1.72 bits per heavy atom. The SMILES string of the molecule is C=C(Nc1cc(-c2ccccc2)nc(-c2ccccc2C(F)(F)F)n1)NC(C)NCCC. The van der Waals surface area contributed by atoms with Crippen LogP contribution in [0.1, 0.15) is 25.8 Å². The van der Waals surface area contributed by atoms with E-state index in [0.29, 0.717) is 17.3 Å². The van der Waals surface area contributed by atoms with Crippen molar-refractivity contribution in [2.75, 3.05) is 11.9 Å². The quantitative estimate of drug-likeness (QED) is 0.375. The maximum absolute atomic E-state index is 13.6. The molecule has 0 bridgehead atoms. The molecule has 0 radical (unpaired) electrons. The highest BCUT2D eigenvalue weighted by Crippen LogP contribution is 2.36. The molecular formula is C24H26F3N5. The fourth-order valence-electron chi connectivity index (χ4n) is 3.18. The smallest absolute Gasteiger partial charge is 0.357 e. The Morgan fingerprint density at radius 3 is 2.41 bits per heavy atom. The minimum Gasteiger partial charge on any atom is -0.357 e. The summed E-state index contributed by atoms with van der Waals surface area (Å²) >= 11 is 0. The highest BCUT2D eigenvalue weighted by molar-refractivity contribution is 5.69. The van der Waals surface area contributed by atoms with Gasteiger partial charge in [-0.05, 0) is 26.0 Å². The zero-order valence-electron chi connectivity index (χ0n) is 18.0. The minimum atomic E-state index is -4.53. The van der Waals surface area contributed by atoms with Crippen LogP contribution in [0.25, 0.3) is 22.6 Å². The van der Waals surface area contributed by atoms with Gasteiger partial charge in [-0.3, -0.25) is 5.32 Å². The van der Waals surface area contributed by atoms with Crippen molar-refractivity contribution < 1.29 is 13.2 Å². The van der Waals surface area contributed by atoms with Crippen LogP contribution >= 0.6 is 0 Å². The first-order chi connectivity index (χ1) is 15.3. The van der Waals surface area contributed by atoms with Crippen LogP contribution in [0.2, 0.25) is 0 Å². The molecule has 1 heterocycles. The summed E-state index contributed by atoms with van der Waals surface area (Å²) in [6.07, 6.45) is -3.59. The van der Waals surface area contributed by atoms with E-state index in [-0.39, 0.29) is 17.6 Å². The molecule has 8 heteroatoms. The maximum atomic E-state index is 13.6. The van der Waals surface area contributed by atoms with E-state index in [1.807, 2.05) is 37.3 Å². The van der Waals surface area contributed by atoms with Gasteiger partial charge in [0.2, 0.25) is 0 Å². The number of anilines is 1. The highest BCUT2D eigenvalue weighted by Gasteiger charge is 2.34. The van der Waals surface area contributed by atoms with E-state index in [2.05, 4.69) is 39.4 Å². The largest absolute Gasteiger partial charge is 0.417 e. The van der Waals surface area contributed by atoms with Gasteiger partial charge in [-0.2, -0.15) is 13.2 Å². The molecule has 0 saturated heterocycles. The van der Waals surface area contributed by atoms with Crippen molar-refractivity contribution in [3.8, 4) is 22.6 Å². The van der Waals surface area contributed by atoms with Gasteiger partial charge in [0.05, 0.1) is 23.2 Å². The molecular weight excluding hydrogens is 415 g/mol. The summed E-state index contributed by atoms with van der Waals surface area (Å²) in [4.78, 5) is 8.81. The lowest BCUT2D eigenvalue weighted by atomic mass is 10.1. The van der Waals surface area contributed by atoms with Crippen LogP contribution in [0.15, 0.2) is 73.1 Å². The molecule has 0 saturated carbocycles. The van der Waals surface area contributed by atoms with Gasteiger partial charge in [-0.15, -0.1) is 0 Å². The van der Waals surface area contributed by atoms with Gasteiger partial charge in [0.1, 0.15) is 5.82 Å². The Balaban J connectivity index is 2.00. The molecule has 0 aliphatic carbocycles. The number of halogens is 3. The van der Waals surface area contributed by atoms with Gasteiger partial charge in [0.25, 0.3) is 0 Å². The molecule has 1 aromatic heterocycles. The molecule has 3 rings (SSSR count). The van der Waals surface area contributed by atoms with Crippen LogP contribution in [-0.4, -0.2) is 22.7 Å². The van der Waals surface area contributed by atoms with Crippen LogP contribution in [0.3, 0.4) is 0 Å². The maximum Gasteiger partial charge on any atom is 0.417 e. The van der Waals surface area contributed by atoms with E-state index in [4.69, 9.17) is 0 Å². The number of rotatable bonds is 9. The van der Waals surface area contributed by atoms with Crippen molar-refractivity contribution in [3.63, 3.8) is 0 Å². The molecule has 0 aliphatic heterocycles. The Kier molecular flexibility index (Phi) is 7.48. The van der Waals surface area contributed by atoms with Crippen LogP contribution in [0.5, 0.6) is 0 Å². The monoisotopic (exact) mass is 441 g/mol. The normalized spacial score (nSPS) is 12.3. The third-order valence-electron chi connectivity index (χ3n) is 4.64. The van der Waals surface area contributed by atoms with Crippen molar-refractivity contribution in [1.82, 2.24) is 20.6 Å². The lowest BCUT2D eigenvalue weighted by Crippen LogP contribution is -2.40. The summed E-state index contributed by atoms with van der Waals surface area (Å²) in [6.45, 7) is 8.81. The van der Waals surface area contributed by atoms with Gasteiger partial charge in [0.15, 0.2) is 5.82 Å². The molecule has 32 heavy (non-hydrogen) atoms. The van der Waals surface area contributed by atoms with Crippen molar-refractivity contribution in [2.45, 2.75) is 32.6 Å². The first-order valence-corrected chi connectivity index (χ1v) is 10.3. The average molecular weight is 442 g/mol. The van der Waals surface area contributed by atoms with Gasteiger partial charge in [0, 0.05) is 17.2 Å². The fourth-order valence-corrected chi connectivity index (χ4v) is 3.18. The number of nitrogens with zero attached hydrogens (tertiary/aromatic N) is 2. The Morgan fingerprint density at radius 1 is 1.03 bits per heavy atom. The molecule has 1 atom stereocenters. The van der Waals surface area contributed by atoms with E-state index in [1.165, 1.54) is 18.2 Å². The summed E-state index contributed by atoms with van der Waals surface area (Å²) in [5, 5.41) is 9.49. The Bertz CT molecular complexity index is 1050. The molecule has 3 aromatic rings. The Labute approximate surface area is 185 Å². The number of benzene rings is 2. The zero-order chi connectivity index (χ0) is 23.1. The summed E-state index contributed by atoms with van der Waals surface area (Å²) < 4.78 is 40.8. The van der Waals surface area contributed by atoms with Gasteiger partial charge in [-0.1, -0.05) is 62.0 Å². The second kappa shape index (κ2) is 10.3. The van der Waals surface area contributed by atoms with Gasteiger partial charge >= 0.3 is 6.18 Å². The number of aromatic nitrogens is 2. The molecule has 3 N–H and O–H groups in total. The van der Waals surface area contributed by atoms with E-state index >= 15 is 0 Å². The molecule has 1 unspecified atom stereocenters. The molecule has 0 spiro atoms. The van der Waals surface area contributed by atoms with Crippen molar-refractivity contribution in [2.24, 2.45) is 0 Å². The van der Waals surface area contributed by atoms with E-state index < -0.39 is 11.7 Å². The van der Waals surface area contributed by atoms with Crippen LogP contribution in [0.4, 0.5) is 19.0 Å². The number of hydrogen-bond donors (Lipinski definition) is 3. The standard InChI is InChI=1S/C24H26F3N5/c1-4-14-28-16(2)29-17(3)30-22-15-21(18-10-6-5-7-11-18)31-23(32-22)19-12-8-9-13-20(19)24(25,26)27/h5-13,15-16,28-29H,3-4,14H2,1-2H3,(H,30,31,32).